The summed E-state index contributed by atoms with van der Waals surface area (Å²) in [5.74, 6) is 0.697. The SMILES string of the molecule is NCC1CCN(CC(=O)Nc2cccc(I)c2)CC1. The summed E-state index contributed by atoms with van der Waals surface area (Å²) in [4.78, 5) is 14.2. The van der Waals surface area contributed by atoms with Crippen molar-refractivity contribution in [2.45, 2.75) is 12.8 Å². The largest absolute Gasteiger partial charge is 0.330 e. The lowest BCUT2D eigenvalue weighted by Crippen LogP contribution is -2.40. The van der Waals surface area contributed by atoms with E-state index in [9.17, 15) is 4.79 Å². The number of hydrogen-bond donors (Lipinski definition) is 2. The molecule has 19 heavy (non-hydrogen) atoms. The number of halogens is 1. The minimum Gasteiger partial charge on any atom is -0.330 e. The normalized spacial score (nSPS) is 17.4. The highest BCUT2D eigenvalue weighted by atomic mass is 127. The molecule has 2 rings (SSSR count). The van der Waals surface area contributed by atoms with Crippen LogP contribution in [0.1, 0.15) is 12.8 Å². The Hall–Kier alpha value is -0.660. The van der Waals surface area contributed by atoms with Crippen LogP contribution in [0.4, 0.5) is 5.69 Å². The average molecular weight is 373 g/mol. The van der Waals surface area contributed by atoms with E-state index in [0.717, 1.165) is 41.7 Å². The van der Waals surface area contributed by atoms with Gasteiger partial charge in [-0.05, 0) is 79.2 Å². The van der Waals surface area contributed by atoms with E-state index in [1.807, 2.05) is 24.3 Å². The lowest BCUT2D eigenvalue weighted by Gasteiger charge is -2.30. The molecule has 0 unspecified atom stereocenters. The van der Waals surface area contributed by atoms with Gasteiger partial charge in [-0.15, -0.1) is 0 Å². The number of hydrogen-bond acceptors (Lipinski definition) is 3. The molecule has 3 N–H and O–H groups in total. The van der Waals surface area contributed by atoms with Crippen LogP contribution in [0, 0.1) is 9.49 Å². The molecule has 0 saturated carbocycles. The summed E-state index contributed by atoms with van der Waals surface area (Å²) >= 11 is 2.24. The number of nitrogens with zero attached hydrogens (tertiary/aromatic N) is 1. The molecule has 104 valence electrons. The molecular weight excluding hydrogens is 353 g/mol. The number of carbonyl (C=O) groups excluding carboxylic acids is 1. The van der Waals surface area contributed by atoms with Crippen LogP contribution in [-0.2, 0) is 4.79 Å². The molecule has 5 heteroatoms. The number of benzene rings is 1. The fourth-order valence-electron chi connectivity index (χ4n) is 2.35. The zero-order valence-corrected chi connectivity index (χ0v) is 13.1. The van der Waals surface area contributed by atoms with E-state index in [1.165, 1.54) is 0 Å². The van der Waals surface area contributed by atoms with Gasteiger partial charge in [-0.1, -0.05) is 6.07 Å². The zero-order chi connectivity index (χ0) is 13.7. The Morgan fingerprint density at radius 3 is 2.79 bits per heavy atom. The van der Waals surface area contributed by atoms with Gasteiger partial charge in [0.1, 0.15) is 0 Å². The number of nitrogens with two attached hydrogens (primary N) is 1. The van der Waals surface area contributed by atoms with Crippen LogP contribution in [0.5, 0.6) is 0 Å². The van der Waals surface area contributed by atoms with Crippen molar-refractivity contribution in [3.05, 3.63) is 27.8 Å². The minimum absolute atomic E-state index is 0.0631. The standard InChI is InChI=1S/C14H20IN3O/c15-12-2-1-3-13(8-12)17-14(19)10-18-6-4-11(9-16)5-7-18/h1-3,8,11H,4-7,9-10,16H2,(H,17,19). The second-order valence-electron chi connectivity index (χ2n) is 5.01. The smallest absolute Gasteiger partial charge is 0.238 e. The maximum Gasteiger partial charge on any atom is 0.238 e. The number of amides is 1. The topological polar surface area (TPSA) is 58.4 Å². The van der Waals surface area contributed by atoms with Gasteiger partial charge < -0.3 is 11.1 Å². The number of piperidine rings is 1. The number of likely N-dealkylation sites (tertiary alicyclic amines) is 1. The summed E-state index contributed by atoms with van der Waals surface area (Å²) in [6, 6.07) is 7.85. The van der Waals surface area contributed by atoms with Crippen molar-refractivity contribution < 1.29 is 4.79 Å². The quantitative estimate of drug-likeness (QED) is 0.793. The molecule has 1 saturated heterocycles. The molecule has 0 bridgehead atoms. The van der Waals surface area contributed by atoms with Crippen molar-refractivity contribution in [2.24, 2.45) is 11.7 Å². The second kappa shape index (κ2) is 7.21. The summed E-state index contributed by atoms with van der Waals surface area (Å²) in [5.41, 5.74) is 6.54. The number of anilines is 1. The lowest BCUT2D eigenvalue weighted by molar-refractivity contribution is -0.117. The van der Waals surface area contributed by atoms with Gasteiger partial charge in [-0.25, -0.2) is 0 Å². The summed E-state index contributed by atoms with van der Waals surface area (Å²) in [5, 5.41) is 2.95. The van der Waals surface area contributed by atoms with Crippen molar-refractivity contribution >= 4 is 34.2 Å². The summed E-state index contributed by atoms with van der Waals surface area (Å²) < 4.78 is 1.12. The zero-order valence-electron chi connectivity index (χ0n) is 10.9. The molecule has 1 fully saturated rings. The van der Waals surface area contributed by atoms with Crippen molar-refractivity contribution in [3.8, 4) is 0 Å². The molecule has 0 aromatic heterocycles. The van der Waals surface area contributed by atoms with Gasteiger partial charge in [0.25, 0.3) is 0 Å². The average Bonchev–Trinajstić information content (AvgIpc) is 2.39. The first-order valence-corrected chi connectivity index (χ1v) is 7.73. The van der Waals surface area contributed by atoms with Crippen LogP contribution in [0.15, 0.2) is 24.3 Å². The maximum absolute atomic E-state index is 12.0. The first kappa shape index (κ1) is 14.7. The minimum atomic E-state index is 0.0631. The Balaban J connectivity index is 1.79. The Morgan fingerprint density at radius 2 is 2.16 bits per heavy atom. The number of carbonyl (C=O) groups is 1. The third-order valence-corrected chi connectivity index (χ3v) is 4.19. The fourth-order valence-corrected chi connectivity index (χ4v) is 2.89. The van der Waals surface area contributed by atoms with E-state index in [4.69, 9.17) is 5.73 Å². The van der Waals surface area contributed by atoms with Crippen LogP contribution >= 0.6 is 22.6 Å². The predicted octanol–water partition coefficient (Wildman–Crippen LogP) is 1.90. The van der Waals surface area contributed by atoms with E-state index in [1.54, 1.807) is 0 Å². The number of nitrogens with one attached hydrogen (secondary N) is 1. The molecule has 0 aliphatic carbocycles. The van der Waals surface area contributed by atoms with Crippen molar-refractivity contribution in [1.29, 1.82) is 0 Å². The number of rotatable bonds is 4. The maximum atomic E-state index is 12.0. The monoisotopic (exact) mass is 373 g/mol. The highest BCUT2D eigenvalue weighted by Crippen LogP contribution is 2.16. The Labute approximate surface area is 127 Å². The highest BCUT2D eigenvalue weighted by molar-refractivity contribution is 14.1. The highest BCUT2D eigenvalue weighted by Gasteiger charge is 2.19. The second-order valence-corrected chi connectivity index (χ2v) is 6.26. The van der Waals surface area contributed by atoms with Crippen LogP contribution in [-0.4, -0.2) is 37.0 Å². The fraction of sp³-hybridized carbons (Fsp3) is 0.500. The molecule has 1 aromatic carbocycles. The molecule has 1 amide bonds. The van der Waals surface area contributed by atoms with Crippen LogP contribution in [0.25, 0.3) is 0 Å². The van der Waals surface area contributed by atoms with Crippen LogP contribution in [0.2, 0.25) is 0 Å². The first-order valence-electron chi connectivity index (χ1n) is 6.65. The summed E-state index contributed by atoms with van der Waals surface area (Å²) in [6.45, 7) is 3.19. The van der Waals surface area contributed by atoms with Gasteiger partial charge in [0, 0.05) is 9.26 Å². The van der Waals surface area contributed by atoms with E-state index in [2.05, 4.69) is 32.8 Å². The summed E-state index contributed by atoms with van der Waals surface area (Å²) in [7, 11) is 0. The lowest BCUT2D eigenvalue weighted by atomic mass is 9.97. The van der Waals surface area contributed by atoms with E-state index < -0.39 is 0 Å². The Morgan fingerprint density at radius 1 is 1.42 bits per heavy atom. The van der Waals surface area contributed by atoms with Crippen molar-refractivity contribution in [3.63, 3.8) is 0 Å². The molecule has 0 radical (unpaired) electrons. The molecule has 1 aromatic rings. The van der Waals surface area contributed by atoms with Gasteiger partial charge in [0.05, 0.1) is 6.54 Å². The van der Waals surface area contributed by atoms with Gasteiger partial charge in [0.2, 0.25) is 5.91 Å². The van der Waals surface area contributed by atoms with Crippen LogP contribution in [0.3, 0.4) is 0 Å². The van der Waals surface area contributed by atoms with Gasteiger partial charge in [-0.2, -0.15) is 0 Å². The predicted molar refractivity (Wildman–Crippen MR) is 86.0 cm³/mol. The molecule has 1 aliphatic heterocycles. The van der Waals surface area contributed by atoms with Gasteiger partial charge in [0.15, 0.2) is 0 Å². The molecule has 0 atom stereocenters. The van der Waals surface area contributed by atoms with Crippen LogP contribution < -0.4 is 11.1 Å². The van der Waals surface area contributed by atoms with Gasteiger partial charge >= 0.3 is 0 Å². The summed E-state index contributed by atoms with van der Waals surface area (Å²) in [6.07, 6.45) is 2.21. The molecular formula is C14H20IN3O. The van der Waals surface area contributed by atoms with Crippen molar-refractivity contribution in [2.75, 3.05) is 31.5 Å². The van der Waals surface area contributed by atoms with E-state index in [-0.39, 0.29) is 5.91 Å². The molecule has 4 nitrogen and oxygen atoms in total. The van der Waals surface area contributed by atoms with E-state index in [0.29, 0.717) is 12.5 Å². The first-order chi connectivity index (χ1) is 9.17. The molecule has 0 spiro atoms. The van der Waals surface area contributed by atoms with Gasteiger partial charge in [-0.3, -0.25) is 9.69 Å². The van der Waals surface area contributed by atoms with E-state index >= 15 is 0 Å². The Kier molecular flexibility index (Phi) is 5.59. The van der Waals surface area contributed by atoms with Crippen molar-refractivity contribution in [1.82, 2.24) is 4.90 Å². The third-order valence-electron chi connectivity index (χ3n) is 3.52. The molecule has 1 aliphatic rings. The third kappa shape index (κ3) is 4.74. The molecule has 1 heterocycles. The Bertz CT molecular complexity index is 430.